The topological polar surface area (TPSA) is 76.0 Å². The molecule has 1 aliphatic rings. The summed E-state index contributed by atoms with van der Waals surface area (Å²) in [6, 6.07) is 7.04. The van der Waals surface area contributed by atoms with Gasteiger partial charge in [-0.1, -0.05) is 12.1 Å². The molecule has 2 heterocycles. The molecule has 0 saturated heterocycles. The number of para-hydroxylation sites is 1. The van der Waals surface area contributed by atoms with Crippen molar-refractivity contribution in [3.05, 3.63) is 34.6 Å². The van der Waals surface area contributed by atoms with Crippen LogP contribution in [0.4, 0.5) is 5.95 Å². The SMILES string of the molecule is O=C1Cn2c(nc3ccccc3c2=O)NN1. The quantitative estimate of drug-likeness (QED) is 0.642. The molecule has 1 aliphatic heterocycles. The fraction of sp³-hybridized carbons (Fsp3) is 0.100. The molecule has 0 radical (unpaired) electrons. The Bertz CT molecular complexity index is 647. The van der Waals surface area contributed by atoms with Crippen molar-refractivity contribution in [2.75, 3.05) is 5.43 Å². The normalized spacial score (nSPS) is 14.1. The number of amides is 1. The summed E-state index contributed by atoms with van der Waals surface area (Å²) in [5, 5.41) is 0.516. The molecule has 1 aromatic heterocycles. The lowest BCUT2D eigenvalue weighted by atomic mass is 10.2. The number of rotatable bonds is 0. The van der Waals surface area contributed by atoms with Gasteiger partial charge in [-0.15, -0.1) is 0 Å². The van der Waals surface area contributed by atoms with Crippen molar-refractivity contribution in [1.29, 1.82) is 0 Å². The fourth-order valence-electron chi connectivity index (χ4n) is 1.72. The van der Waals surface area contributed by atoms with E-state index in [-0.39, 0.29) is 18.0 Å². The smallest absolute Gasteiger partial charge is 0.263 e. The molecule has 16 heavy (non-hydrogen) atoms. The molecular weight excluding hydrogens is 208 g/mol. The van der Waals surface area contributed by atoms with E-state index in [1.165, 1.54) is 4.57 Å². The van der Waals surface area contributed by atoms with E-state index < -0.39 is 0 Å². The Labute approximate surface area is 89.9 Å². The average Bonchev–Trinajstić information content (AvgIpc) is 2.31. The summed E-state index contributed by atoms with van der Waals surface area (Å²) in [4.78, 5) is 27.4. The summed E-state index contributed by atoms with van der Waals surface area (Å²) in [5.41, 5.74) is 5.42. The average molecular weight is 216 g/mol. The first-order valence-electron chi connectivity index (χ1n) is 4.80. The van der Waals surface area contributed by atoms with Gasteiger partial charge in [0.1, 0.15) is 6.54 Å². The lowest BCUT2D eigenvalue weighted by Gasteiger charge is -2.19. The second-order valence-electron chi connectivity index (χ2n) is 3.52. The van der Waals surface area contributed by atoms with Gasteiger partial charge in [0.15, 0.2) is 0 Å². The molecule has 1 amide bonds. The third-order valence-electron chi connectivity index (χ3n) is 2.48. The number of carbonyl (C=O) groups is 1. The van der Waals surface area contributed by atoms with Gasteiger partial charge in [0, 0.05) is 0 Å². The van der Waals surface area contributed by atoms with Crippen molar-refractivity contribution in [3.63, 3.8) is 0 Å². The standard InChI is InChI=1S/C10H8N4O2/c15-8-5-14-9(16)6-3-1-2-4-7(6)11-10(14)13-12-8/h1-4H,5H2,(H,11,13)(H,12,15). The monoisotopic (exact) mass is 216 g/mol. The Balaban J connectivity index is 2.38. The number of hydrogen-bond donors (Lipinski definition) is 2. The molecule has 0 fully saturated rings. The molecule has 0 bridgehead atoms. The summed E-state index contributed by atoms with van der Waals surface area (Å²) in [6.45, 7) is -0.000991. The van der Waals surface area contributed by atoms with Crippen LogP contribution in [0.2, 0.25) is 0 Å². The molecule has 6 heteroatoms. The summed E-state index contributed by atoms with van der Waals surface area (Å²) >= 11 is 0. The first-order valence-corrected chi connectivity index (χ1v) is 4.80. The van der Waals surface area contributed by atoms with Crippen molar-refractivity contribution in [3.8, 4) is 0 Å². The van der Waals surface area contributed by atoms with Crippen molar-refractivity contribution in [2.24, 2.45) is 0 Å². The Morgan fingerprint density at radius 3 is 2.88 bits per heavy atom. The molecule has 0 aliphatic carbocycles. The van der Waals surface area contributed by atoms with Crippen LogP contribution in [-0.2, 0) is 11.3 Å². The minimum absolute atomic E-state index is 0.000991. The highest BCUT2D eigenvalue weighted by molar-refractivity contribution is 5.82. The Kier molecular flexibility index (Phi) is 1.70. The lowest BCUT2D eigenvalue weighted by molar-refractivity contribution is -0.121. The van der Waals surface area contributed by atoms with Gasteiger partial charge in [-0.25, -0.2) is 4.98 Å². The van der Waals surface area contributed by atoms with Crippen LogP contribution in [0.25, 0.3) is 10.9 Å². The van der Waals surface area contributed by atoms with Crippen LogP contribution in [0.1, 0.15) is 0 Å². The molecule has 6 nitrogen and oxygen atoms in total. The Morgan fingerprint density at radius 2 is 2.00 bits per heavy atom. The van der Waals surface area contributed by atoms with Crippen LogP contribution >= 0.6 is 0 Å². The van der Waals surface area contributed by atoms with Crippen LogP contribution in [0, 0.1) is 0 Å². The molecule has 2 aromatic rings. The van der Waals surface area contributed by atoms with Crippen molar-refractivity contribution < 1.29 is 4.79 Å². The van der Waals surface area contributed by atoms with Crippen molar-refractivity contribution in [1.82, 2.24) is 15.0 Å². The minimum atomic E-state index is -0.258. The molecule has 0 atom stereocenters. The zero-order valence-electron chi connectivity index (χ0n) is 8.23. The van der Waals surface area contributed by atoms with E-state index in [2.05, 4.69) is 15.8 Å². The molecule has 1 aromatic carbocycles. The lowest BCUT2D eigenvalue weighted by Crippen LogP contribution is -2.43. The number of hydrogen-bond acceptors (Lipinski definition) is 4. The molecule has 80 valence electrons. The number of fused-ring (bicyclic) bond motifs is 2. The van der Waals surface area contributed by atoms with E-state index in [0.717, 1.165) is 0 Å². The van der Waals surface area contributed by atoms with Gasteiger partial charge in [-0.3, -0.25) is 25.0 Å². The predicted molar refractivity (Wildman–Crippen MR) is 57.8 cm³/mol. The maximum absolute atomic E-state index is 12.0. The molecule has 3 rings (SSSR count). The second kappa shape index (κ2) is 3.06. The highest BCUT2D eigenvalue weighted by atomic mass is 16.2. The van der Waals surface area contributed by atoms with E-state index in [4.69, 9.17) is 0 Å². The number of benzene rings is 1. The number of nitrogens with one attached hydrogen (secondary N) is 2. The van der Waals surface area contributed by atoms with Gasteiger partial charge in [0.25, 0.3) is 11.5 Å². The number of carbonyl (C=O) groups excluding carboxylic acids is 1. The number of anilines is 1. The van der Waals surface area contributed by atoms with E-state index in [1.54, 1.807) is 18.2 Å². The van der Waals surface area contributed by atoms with Gasteiger partial charge in [0.2, 0.25) is 5.95 Å². The van der Waals surface area contributed by atoms with E-state index >= 15 is 0 Å². The molecule has 0 saturated carbocycles. The van der Waals surface area contributed by atoms with Crippen molar-refractivity contribution >= 4 is 22.8 Å². The van der Waals surface area contributed by atoms with Gasteiger partial charge >= 0.3 is 0 Å². The molecule has 2 N–H and O–H groups in total. The van der Waals surface area contributed by atoms with E-state index in [0.29, 0.717) is 16.9 Å². The molecular formula is C10H8N4O2. The minimum Gasteiger partial charge on any atom is -0.271 e. The zero-order chi connectivity index (χ0) is 11.1. The molecule has 0 unspecified atom stereocenters. The predicted octanol–water partition coefficient (Wildman–Crippen LogP) is -0.147. The van der Waals surface area contributed by atoms with Gasteiger partial charge in [-0.05, 0) is 12.1 Å². The molecule has 0 spiro atoms. The number of nitrogens with zero attached hydrogens (tertiary/aromatic N) is 2. The van der Waals surface area contributed by atoms with Gasteiger partial charge in [0.05, 0.1) is 10.9 Å². The van der Waals surface area contributed by atoms with E-state index in [9.17, 15) is 9.59 Å². The highest BCUT2D eigenvalue weighted by Crippen LogP contribution is 2.11. The van der Waals surface area contributed by atoms with Gasteiger partial charge in [-0.2, -0.15) is 0 Å². The second-order valence-corrected chi connectivity index (χ2v) is 3.52. The number of hydrazine groups is 1. The van der Waals surface area contributed by atoms with Crippen LogP contribution < -0.4 is 16.4 Å². The third kappa shape index (κ3) is 1.16. The first kappa shape index (κ1) is 8.90. The van der Waals surface area contributed by atoms with Crippen molar-refractivity contribution in [2.45, 2.75) is 6.54 Å². The van der Waals surface area contributed by atoms with Crippen LogP contribution in [0.3, 0.4) is 0 Å². The summed E-state index contributed by atoms with van der Waals surface area (Å²) < 4.78 is 1.32. The van der Waals surface area contributed by atoms with Crippen LogP contribution in [0.15, 0.2) is 29.1 Å². The number of aromatic nitrogens is 2. The Morgan fingerprint density at radius 1 is 1.19 bits per heavy atom. The maximum atomic E-state index is 12.0. The largest absolute Gasteiger partial charge is 0.271 e. The fourth-order valence-corrected chi connectivity index (χ4v) is 1.72. The van der Waals surface area contributed by atoms with Crippen LogP contribution in [-0.4, -0.2) is 15.5 Å². The maximum Gasteiger partial charge on any atom is 0.263 e. The zero-order valence-corrected chi connectivity index (χ0v) is 8.23. The summed E-state index contributed by atoms with van der Waals surface area (Å²) in [6.07, 6.45) is 0. The summed E-state index contributed by atoms with van der Waals surface area (Å²) in [5.74, 6) is 0.106. The van der Waals surface area contributed by atoms with E-state index in [1.807, 2.05) is 6.07 Å². The van der Waals surface area contributed by atoms with Gasteiger partial charge < -0.3 is 0 Å². The highest BCUT2D eigenvalue weighted by Gasteiger charge is 2.17. The Hall–Kier alpha value is -2.37. The third-order valence-corrected chi connectivity index (χ3v) is 2.48. The summed E-state index contributed by atoms with van der Waals surface area (Å²) in [7, 11) is 0. The first-order chi connectivity index (χ1) is 7.75. The van der Waals surface area contributed by atoms with Crippen LogP contribution in [0.5, 0.6) is 0 Å².